The van der Waals surface area contributed by atoms with Gasteiger partial charge in [0.15, 0.2) is 0 Å². The Balaban J connectivity index is 1.83. The molecule has 0 heterocycles. The molecule has 21 heavy (non-hydrogen) atoms. The summed E-state index contributed by atoms with van der Waals surface area (Å²) in [5.41, 5.74) is 2.55. The molecule has 108 valence electrons. The summed E-state index contributed by atoms with van der Waals surface area (Å²) < 4.78 is 5.13. The maximum absolute atomic E-state index is 11.7. The van der Waals surface area contributed by atoms with Crippen LogP contribution < -0.4 is 5.32 Å². The molecule has 0 saturated carbocycles. The highest BCUT2D eigenvalue weighted by molar-refractivity contribution is 5.84. The van der Waals surface area contributed by atoms with Crippen molar-refractivity contribution < 1.29 is 14.6 Å². The molecule has 0 bridgehead atoms. The maximum Gasteiger partial charge on any atom is 0.411 e. The first kappa shape index (κ1) is 14.8. The molecule has 2 rings (SSSR count). The summed E-state index contributed by atoms with van der Waals surface area (Å²) in [7, 11) is 0. The van der Waals surface area contributed by atoms with Crippen LogP contribution in [0.2, 0.25) is 0 Å². The fourth-order valence-corrected chi connectivity index (χ4v) is 1.74. The van der Waals surface area contributed by atoms with Crippen LogP contribution in [-0.2, 0) is 11.3 Å². The lowest BCUT2D eigenvalue weighted by atomic mass is 10.2. The summed E-state index contributed by atoms with van der Waals surface area (Å²) in [6, 6.07) is 16.8. The first-order valence-corrected chi connectivity index (χ1v) is 6.63. The van der Waals surface area contributed by atoms with E-state index >= 15 is 0 Å². The minimum absolute atomic E-state index is 0.00577. The van der Waals surface area contributed by atoms with Crippen LogP contribution in [0.15, 0.2) is 60.7 Å². The monoisotopic (exact) mass is 283 g/mol. The Morgan fingerprint density at radius 2 is 1.81 bits per heavy atom. The molecule has 4 heteroatoms. The SMILES string of the molecule is O=C(Nc1ccc(/C=C/CO)cc1)OCc1ccccc1. The van der Waals surface area contributed by atoms with Gasteiger partial charge in [0.25, 0.3) is 0 Å². The summed E-state index contributed by atoms with van der Waals surface area (Å²) in [5, 5.41) is 11.4. The molecule has 2 aromatic carbocycles. The molecule has 1 amide bonds. The maximum atomic E-state index is 11.7. The van der Waals surface area contributed by atoms with Gasteiger partial charge in [0.1, 0.15) is 6.61 Å². The van der Waals surface area contributed by atoms with Gasteiger partial charge >= 0.3 is 6.09 Å². The Bertz CT molecular complexity index is 591. The molecule has 0 aromatic heterocycles. The van der Waals surface area contributed by atoms with Crippen molar-refractivity contribution in [3.8, 4) is 0 Å². The standard InChI is InChI=1S/C17H17NO3/c19-12-4-7-14-8-10-16(11-9-14)18-17(20)21-13-15-5-2-1-3-6-15/h1-11,19H,12-13H2,(H,18,20)/b7-4+. The second kappa shape index (κ2) is 7.87. The zero-order valence-electron chi connectivity index (χ0n) is 11.5. The minimum Gasteiger partial charge on any atom is -0.444 e. The highest BCUT2D eigenvalue weighted by Gasteiger charge is 2.03. The van der Waals surface area contributed by atoms with Gasteiger partial charge in [0.2, 0.25) is 0 Å². The Hall–Kier alpha value is -2.59. The molecule has 4 nitrogen and oxygen atoms in total. The van der Waals surface area contributed by atoms with Crippen molar-refractivity contribution in [1.29, 1.82) is 0 Å². The molecule has 0 radical (unpaired) electrons. The Morgan fingerprint density at radius 3 is 2.48 bits per heavy atom. The third kappa shape index (κ3) is 5.12. The van der Waals surface area contributed by atoms with Gasteiger partial charge in [-0.1, -0.05) is 54.6 Å². The highest BCUT2D eigenvalue weighted by atomic mass is 16.5. The van der Waals surface area contributed by atoms with E-state index in [2.05, 4.69) is 5.32 Å². The van der Waals surface area contributed by atoms with Gasteiger partial charge in [-0.25, -0.2) is 4.79 Å². The molecule has 0 saturated heterocycles. The van der Waals surface area contributed by atoms with E-state index in [1.165, 1.54) is 0 Å². The van der Waals surface area contributed by atoms with Crippen molar-refractivity contribution in [1.82, 2.24) is 0 Å². The smallest absolute Gasteiger partial charge is 0.411 e. The topological polar surface area (TPSA) is 58.6 Å². The zero-order valence-corrected chi connectivity index (χ0v) is 11.5. The van der Waals surface area contributed by atoms with E-state index in [9.17, 15) is 4.79 Å². The first-order chi connectivity index (χ1) is 10.3. The molecule has 2 aromatic rings. The molecule has 0 unspecified atom stereocenters. The van der Waals surface area contributed by atoms with Crippen LogP contribution in [0.25, 0.3) is 6.08 Å². The predicted octanol–water partition coefficient (Wildman–Crippen LogP) is 3.44. The molecule has 2 N–H and O–H groups in total. The lowest BCUT2D eigenvalue weighted by molar-refractivity contribution is 0.155. The van der Waals surface area contributed by atoms with Crippen molar-refractivity contribution in [3.63, 3.8) is 0 Å². The van der Waals surface area contributed by atoms with Crippen LogP contribution in [0.1, 0.15) is 11.1 Å². The fraction of sp³-hybridized carbons (Fsp3) is 0.118. The number of ether oxygens (including phenoxy) is 1. The number of hydrogen-bond donors (Lipinski definition) is 2. The summed E-state index contributed by atoms with van der Waals surface area (Å²) in [4.78, 5) is 11.7. The van der Waals surface area contributed by atoms with E-state index in [0.29, 0.717) is 5.69 Å². The van der Waals surface area contributed by atoms with E-state index in [1.54, 1.807) is 24.3 Å². The summed E-state index contributed by atoms with van der Waals surface area (Å²) in [6.45, 7) is 0.246. The molecule has 0 aliphatic rings. The molecular formula is C17H17NO3. The molecular weight excluding hydrogens is 266 g/mol. The minimum atomic E-state index is -0.488. The fourth-order valence-electron chi connectivity index (χ4n) is 1.74. The van der Waals surface area contributed by atoms with Crippen LogP contribution in [0.3, 0.4) is 0 Å². The number of aliphatic hydroxyl groups is 1. The molecule has 0 fully saturated rings. The van der Waals surface area contributed by atoms with Crippen LogP contribution in [0.5, 0.6) is 0 Å². The third-order valence-corrected chi connectivity index (χ3v) is 2.79. The van der Waals surface area contributed by atoms with Crippen molar-refractivity contribution >= 4 is 17.9 Å². The van der Waals surface area contributed by atoms with Crippen molar-refractivity contribution in [2.45, 2.75) is 6.61 Å². The summed E-state index contributed by atoms with van der Waals surface area (Å²) in [5.74, 6) is 0. The normalized spacial score (nSPS) is 10.5. The molecule has 0 aliphatic carbocycles. The van der Waals surface area contributed by atoms with Crippen molar-refractivity contribution in [2.75, 3.05) is 11.9 Å². The Labute approximate surface area is 123 Å². The van der Waals surface area contributed by atoms with Gasteiger partial charge in [0.05, 0.1) is 6.61 Å². The quantitative estimate of drug-likeness (QED) is 0.883. The van der Waals surface area contributed by atoms with Crippen LogP contribution in [0.4, 0.5) is 10.5 Å². The highest BCUT2D eigenvalue weighted by Crippen LogP contribution is 2.11. The third-order valence-electron chi connectivity index (χ3n) is 2.79. The lowest BCUT2D eigenvalue weighted by Crippen LogP contribution is -2.13. The Morgan fingerprint density at radius 1 is 1.10 bits per heavy atom. The van der Waals surface area contributed by atoms with Gasteiger partial charge in [-0.15, -0.1) is 0 Å². The number of nitrogens with one attached hydrogen (secondary N) is 1. The molecule has 0 atom stereocenters. The van der Waals surface area contributed by atoms with Crippen LogP contribution >= 0.6 is 0 Å². The first-order valence-electron chi connectivity index (χ1n) is 6.63. The number of carbonyl (C=O) groups is 1. The second-order valence-corrected chi connectivity index (χ2v) is 4.39. The van der Waals surface area contributed by atoms with E-state index in [1.807, 2.05) is 42.5 Å². The average molecular weight is 283 g/mol. The van der Waals surface area contributed by atoms with Gasteiger partial charge in [-0.2, -0.15) is 0 Å². The Kier molecular flexibility index (Phi) is 5.55. The number of aliphatic hydroxyl groups excluding tert-OH is 1. The van der Waals surface area contributed by atoms with E-state index < -0.39 is 6.09 Å². The lowest BCUT2D eigenvalue weighted by Gasteiger charge is -2.07. The largest absolute Gasteiger partial charge is 0.444 e. The van der Waals surface area contributed by atoms with Crippen LogP contribution in [-0.4, -0.2) is 17.8 Å². The second-order valence-electron chi connectivity index (χ2n) is 4.39. The van der Waals surface area contributed by atoms with Gasteiger partial charge in [0, 0.05) is 5.69 Å². The van der Waals surface area contributed by atoms with E-state index in [4.69, 9.17) is 9.84 Å². The number of benzene rings is 2. The van der Waals surface area contributed by atoms with E-state index in [-0.39, 0.29) is 13.2 Å². The van der Waals surface area contributed by atoms with E-state index in [0.717, 1.165) is 11.1 Å². The van der Waals surface area contributed by atoms with Gasteiger partial charge < -0.3 is 9.84 Å². The summed E-state index contributed by atoms with van der Waals surface area (Å²) >= 11 is 0. The number of anilines is 1. The van der Waals surface area contributed by atoms with Crippen molar-refractivity contribution in [2.24, 2.45) is 0 Å². The number of amides is 1. The number of hydrogen-bond acceptors (Lipinski definition) is 3. The van der Waals surface area contributed by atoms with Gasteiger partial charge in [-0.3, -0.25) is 5.32 Å². The van der Waals surface area contributed by atoms with Crippen molar-refractivity contribution in [3.05, 3.63) is 71.8 Å². The number of carbonyl (C=O) groups excluding carboxylic acids is 1. The molecule has 0 aliphatic heterocycles. The van der Waals surface area contributed by atoms with Crippen LogP contribution in [0, 0.1) is 0 Å². The van der Waals surface area contributed by atoms with Gasteiger partial charge in [-0.05, 0) is 23.3 Å². The zero-order chi connectivity index (χ0) is 14.9. The molecule has 0 spiro atoms. The average Bonchev–Trinajstić information content (AvgIpc) is 2.53. The summed E-state index contributed by atoms with van der Waals surface area (Å²) in [6.07, 6.45) is 2.96. The predicted molar refractivity (Wildman–Crippen MR) is 82.8 cm³/mol. The number of rotatable bonds is 5.